The minimum absolute atomic E-state index is 0.0505. The molecule has 1 aliphatic heterocycles. The Morgan fingerprint density at radius 3 is 2.39 bits per heavy atom. The second-order valence-electron chi connectivity index (χ2n) is 5.01. The highest BCUT2D eigenvalue weighted by molar-refractivity contribution is 5.83. The number of carbonyl (C=O) groups excluding carboxylic acids is 2. The standard InChI is InChI=1S/C13H25N3O2/c1-4-10(2)15-12(17)9-14-11(3)13(18)16-7-5-6-8-16/h10-11,14H,4-9H2,1-3H3,(H,15,17). The molecular formula is C13H25N3O2. The smallest absolute Gasteiger partial charge is 0.239 e. The van der Waals surface area contributed by atoms with Gasteiger partial charge in [0.05, 0.1) is 12.6 Å². The molecule has 0 aromatic rings. The molecule has 1 aliphatic rings. The van der Waals surface area contributed by atoms with Crippen LogP contribution in [0.5, 0.6) is 0 Å². The summed E-state index contributed by atoms with van der Waals surface area (Å²) in [4.78, 5) is 25.4. The maximum Gasteiger partial charge on any atom is 0.239 e. The molecule has 1 rings (SSSR count). The molecule has 0 saturated carbocycles. The van der Waals surface area contributed by atoms with Gasteiger partial charge < -0.3 is 10.2 Å². The van der Waals surface area contributed by atoms with Crippen LogP contribution in [0.3, 0.4) is 0 Å². The lowest BCUT2D eigenvalue weighted by Crippen LogP contribution is -2.47. The summed E-state index contributed by atoms with van der Waals surface area (Å²) in [5.41, 5.74) is 0. The molecule has 0 aromatic heterocycles. The lowest BCUT2D eigenvalue weighted by molar-refractivity contribution is -0.132. The van der Waals surface area contributed by atoms with E-state index in [1.165, 1.54) is 0 Å². The van der Waals surface area contributed by atoms with E-state index in [2.05, 4.69) is 10.6 Å². The topological polar surface area (TPSA) is 61.4 Å². The summed E-state index contributed by atoms with van der Waals surface area (Å²) in [6, 6.07) is -0.102. The van der Waals surface area contributed by atoms with Gasteiger partial charge >= 0.3 is 0 Å². The van der Waals surface area contributed by atoms with Crippen LogP contribution in [-0.4, -0.2) is 48.4 Å². The molecule has 2 atom stereocenters. The number of carbonyl (C=O) groups is 2. The lowest BCUT2D eigenvalue weighted by Gasteiger charge is -2.21. The van der Waals surface area contributed by atoms with Crippen LogP contribution in [0, 0.1) is 0 Å². The van der Waals surface area contributed by atoms with Crippen LogP contribution < -0.4 is 10.6 Å². The number of hydrogen-bond acceptors (Lipinski definition) is 3. The first kappa shape index (κ1) is 15.0. The van der Waals surface area contributed by atoms with Crippen LogP contribution in [0.2, 0.25) is 0 Å². The summed E-state index contributed by atoms with van der Waals surface area (Å²) in [6.45, 7) is 7.71. The van der Waals surface area contributed by atoms with Crippen LogP contribution in [0.15, 0.2) is 0 Å². The molecule has 2 N–H and O–H groups in total. The Balaban J connectivity index is 2.25. The summed E-state index contributed by atoms with van der Waals surface area (Å²) >= 11 is 0. The zero-order valence-electron chi connectivity index (χ0n) is 11.7. The van der Waals surface area contributed by atoms with E-state index in [4.69, 9.17) is 0 Å². The average Bonchev–Trinajstić information content (AvgIpc) is 2.88. The predicted octanol–water partition coefficient (Wildman–Crippen LogP) is 0.502. The Bertz CT molecular complexity index is 288. The fraction of sp³-hybridized carbons (Fsp3) is 0.846. The monoisotopic (exact) mass is 255 g/mol. The van der Waals surface area contributed by atoms with Gasteiger partial charge in [0.25, 0.3) is 0 Å². The van der Waals surface area contributed by atoms with E-state index in [1.54, 1.807) is 0 Å². The molecule has 18 heavy (non-hydrogen) atoms. The zero-order valence-corrected chi connectivity index (χ0v) is 11.7. The number of amides is 2. The second-order valence-corrected chi connectivity index (χ2v) is 5.01. The average molecular weight is 255 g/mol. The number of rotatable bonds is 6. The molecule has 1 saturated heterocycles. The Hall–Kier alpha value is -1.10. The predicted molar refractivity (Wildman–Crippen MR) is 71.2 cm³/mol. The minimum atomic E-state index is -0.286. The first-order valence-electron chi connectivity index (χ1n) is 6.86. The molecule has 2 amide bonds. The van der Waals surface area contributed by atoms with Crippen LogP contribution in [0.25, 0.3) is 0 Å². The van der Waals surface area contributed by atoms with Crippen molar-refractivity contribution >= 4 is 11.8 Å². The van der Waals surface area contributed by atoms with Gasteiger partial charge in [0.2, 0.25) is 11.8 Å². The first-order valence-corrected chi connectivity index (χ1v) is 6.86. The molecule has 0 aromatic carbocycles. The Labute approximate surface area is 109 Å². The number of hydrogen-bond donors (Lipinski definition) is 2. The molecule has 1 heterocycles. The van der Waals surface area contributed by atoms with Crippen molar-refractivity contribution in [2.24, 2.45) is 0 Å². The molecule has 0 aliphatic carbocycles. The highest BCUT2D eigenvalue weighted by Gasteiger charge is 2.23. The van der Waals surface area contributed by atoms with Crippen LogP contribution in [0.1, 0.15) is 40.0 Å². The molecule has 5 heteroatoms. The second kappa shape index (κ2) is 7.36. The van der Waals surface area contributed by atoms with Crippen molar-refractivity contribution in [2.75, 3.05) is 19.6 Å². The van der Waals surface area contributed by atoms with Gasteiger partial charge in [-0.1, -0.05) is 6.92 Å². The van der Waals surface area contributed by atoms with Crippen molar-refractivity contribution in [3.8, 4) is 0 Å². The Kier molecular flexibility index (Phi) is 6.12. The quantitative estimate of drug-likeness (QED) is 0.726. The van der Waals surface area contributed by atoms with Gasteiger partial charge in [-0.05, 0) is 33.1 Å². The third kappa shape index (κ3) is 4.64. The van der Waals surface area contributed by atoms with E-state index in [0.29, 0.717) is 0 Å². The van der Waals surface area contributed by atoms with E-state index in [0.717, 1.165) is 32.4 Å². The van der Waals surface area contributed by atoms with Gasteiger partial charge in [-0.15, -0.1) is 0 Å². The molecule has 104 valence electrons. The number of nitrogens with one attached hydrogen (secondary N) is 2. The van der Waals surface area contributed by atoms with Gasteiger partial charge in [0.1, 0.15) is 0 Å². The fourth-order valence-electron chi connectivity index (χ4n) is 1.97. The summed E-state index contributed by atoms with van der Waals surface area (Å²) in [5.74, 6) is 0.0502. The van der Waals surface area contributed by atoms with E-state index < -0.39 is 0 Å². The highest BCUT2D eigenvalue weighted by Crippen LogP contribution is 2.08. The summed E-state index contributed by atoms with van der Waals surface area (Å²) < 4.78 is 0. The third-order valence-corrected chi connectivity index (χ3v) is 3.38. The molecule has 2 unspecified atom stereocenters. The van der Waals surface area contributed by atoms with Gasteiger partial charge in [-0.2, -0.15) is 0 Å². The van der Waals surface area contributed by atoms with Crippen molar-refractivity contribution in [2.45, 2.75) is 52.1 Å². The van der Waals surface area contributed by atoms with Crippen molar-refractivity contribution < 1.29 is 9.59 Å². The SMILES string of the molecule is CCC(C)NC(=O)CNC(C)C(=O)N1CCCC1. The van der Waals surface area contributed by atoms with Gasteiger partial charge in [0, 0.05) is 19.1 Å². The molecule has 0 radical (unpaired) electrons. The number of likely N-dealkylation sites (tertiary alicyclic amines) is 1. The van der Waals surface area contributed by atoms with Gasteiger partial charge in [-0.25, -0.2) is 0 Å². The summed E-state index contributed by atoms with van der Waals surface area (Å²) in [5, 5.41) is 5.85. The Morgan fingerprint density at radius 1 is 1.22 bits per heavy atom. The van der Waals surface area contributed by atoms with E-state index in [1.807, 2.05) is 25.7 Å². The molecular weight excluding hydrogens is 230 g/mol. The zero-order chi connectivity index (χ0) is 13.5. The van der Waals surface area contributed by atoms with Crippen molar-refractivity contribution in [1.29, 1.82) is 0 Å². The number of nitrogens with zero attached hydrogens (tertiary/aromatic N) is 1. The van der Waals surface area contributed by atoms with Crippen LogP contribution in [0.4, 0.5) is 0 Å². The normalized spacial score (nSPS) is 18.5. The highest BCUT2D eigenvalue weighted by atomic mass is 16.2. The Morgan fingerprint density at radius 2 is 1.83 bits per heavy atom. The maximum atomic E-state index is 12.0. The molecule has 0 spiro atoms. The summed E-state index contributed by atoms with van der Waals surface area (Å²) in [7, 11) is 0. The third-order valence-electron chi connectivity index (χ3n) is 3.38. The van der Waals surface area contributed by atoms with Crippen molar-refractivity contribution in [1.82, 2.24) is 15.5 Å². The van der Waals surface area contributed by atoms with Gasteiger partial charge in [-0.3, -0.25) is 14.9 Å². The summed E-state index contributed by atoms with van der Waals surface area (Å²) in [6.07, 6.45) is 3.09. The van der Waals surface area contributed by atoms with Gasteiger partial charge in [0.15, 0.2) is 0 Å². The molecule has 0 bridgehead atoms. The fourth-order valence-corrected chi connectivity index (χ4v) is 1.97. The first-order chi connectivity index (χ1) is 8.54. The molecule has 5 nitrogen and oxygen atoms in total. The van der Waals surface area contributed by atoms with Crippen molar-refractivity contribution in [3.05, 3.63) is 0 Å². The van der Waals surface area contributed by atoms with Crippen molar-refractivity contribution in [3.63, 3.8) is 0 Å². The maximum absolute atomic E-state index is 12.0. The lowest BCUT2D eigenvalue weighted by atomic mass is 10.2. The van der Waals surface area contributed by atoms with Crippen LogP contribution in [-0.2, 0) is 9.59 Å². The van der Waals surface area contributed by atoms with E-state index in [9.17, 15) is 9.59 Å². The largest absolute Gasteiger partial charge is 0.353 e. The van der Waals surface area contributed by atoms with Crippen LogP contribution >= 0.6 is 0 Å². The van der Waals surface area contributed by atoms with E-state index >= 15 is 0 Å². The van der Waals surface area contributed by atoms with E-state index in [-0.39, 0.29) is 30.4 Å². The minimum Gasteiger partial charge on any atom is -0.353 e. The molecule has 1 fully saturated rings.